The van der Waals surface area contributed by atoms with Crippen LogP contribution in [0.4, 0.5) is 0 Å². The number of fused-ring (bicyclic) bond motifs is 20. The van der Waals surface area contributed by atoms with E-state index in [1.807, 2.05) is 109 Å². The summed E-state index contributed by atoms with van der Waals surface area (Å²) in [4.78, 5) is 37.5. The lowest BCUT2D eigenvalue weighted by Crippen LogP contribution is -2.29. The van der Waals surface area contributed by atoms with Gasteiger partial charge in [-0.25, -0.2) is 29.9 Å². The normalized spacial score (nSPS) is 11.9. The van der Waals surface area contributed by atoms with Gasteiger partial charge in [0.2, 0.25) is 5.69 Å². The van der Waals surface area contributed by atoms with Gasteiger partial charge in [-0.2, -0.15) is 4.57 Å². The van der Waals surface area contributed by atoms with E-state index >= 15 is 0 Å². The van der Waals surface area contributed by atoms with Gasteiger partial charge in [-0.1, -0.05) is 91.0 Å². The van der Waals surface area contributed by atoms with E-state index in [2.05, 4.69) is 26.7 Å². The number of hydrogen-bond donors (Lipinski definition) is 2. The van der Waals surface area contributed by atoms with Gasteiger partial charge in [-0.15, -0.1) is 0 Å². The maximum atomic E-state index is 5.19. The maximum absolute atomic E-state index is 5.19. The molecule has 2 aliphatic rings. The molecule has 0 unspecified atom stereocenters. The van der Waals surface area contributed by atoms with Crippen LogP contribution in [-0.4, -0.2) is 39.9 Å². The largest absolute Gasteiger partial charge is 0.324 e. The lowest BCUT2D eigenvalue weighted by molar-refractivity contribution is -0.594. The van der Waals surface area contributed by atoms with Gasteiger partial charge in [0.15, 0.2) is 35.7 Å². The van der Waals surface area contributed by atoms with Crippen molar-refractivity contribution in [2.24, 2.45) is 0 Å². The molecule has 214 valence electrons. The van der Waals surface area contributed by atoms with E-state index in [1.54, 1.807) is 0 Å². The van der Waals surface area contributed by atoms with E-state index in [4.69, 9.17) is 29.9 Å². The Bertz CT molecular complexity index is 2700. The van der Waals surface area contributed by atoms with Gasteiger partial charge in [0.05, 0.1) is 0 Å². The van der Waals surface area contributed by atoms with Crippen molar-refractivity contribution in [3.63, 3.8) is 0 Å². The number of nitrogens with zero attached hydrogens (tertiary/aromatic N) is 7. The third-order valence-corrected chi connectivity index (χ3v) is 8.55. The summed E-state index contributed by atoms with van der Waals surface area (Å²) in [6.45, 7) is 0. The first kappa shape index (κ1) is 24.8. The molecule has 8 aromatic rings. The molecule has 0 radical (unpaired) electrons. The van der Waals surface area contributed by atoms with Crippen LogP contribution >= 0.6 is 0 Å². The number of H-pyrrole nitrogens is 2. The average molecular weight is 593 g/mol. The Morgan fingerprint density at radius 2 is 0.804 bits per heavy atom. The van der Waals surface area contributed by atoms with Crippen LogP contribution < -0.4 is 4.57 Å². The van der Waals surface area contributed by atoms with Crippen molar-refractivity contribution in [2.75, 3.05) is 0 Å². The van der Waals surface area contributed by atoms with Gasteiger partial charge in [0.25, 0.3) is 0 Å². The molecule has 0 aliphatic carbocycles. The van der Waals surface area contributed by atoms with Crippen LogP contribution in [0.2, 0.25) is 0 Å². The predicted molar refractivity (Wildman–Crippen MR) is 178 cm³/mol. The first-order valence-electron chi connectivity index (χ1n) is 15.0. The summed E-state index contributed by atoms with van der Waals surface area (Å²) in [7, 11) is 0. The zero-order valence-electron chi connectivity index (χ0n) is 24.2. The fourth-order valence-electron chi connectivity index (χ4n) is 6.45. The number of hydrogen-bond acceptors (Lipinski definition) is 6. The molecule has 0 saturated heterocycles. The second-order valence-electron chi connectivity index (χ2n) is 11.2. The standard InChI is InChI=1S/C37H22N9/c1-8-19-46(20-9-1)28-18-10-17-27-29(28)37-44-35-26-16-7-6-15-25(26)33(42-35)40-31-22-12-3-2-11-21(22)30(38-31)39-32-23-13-4-5-14-24(23)34(41-32)43-36(27)45-37/h1-20H,(H2,38,39,40,41,42,43,44,45)/q+1. The fraction of sp³-hybridized carbons (Fsp3) is 0. The molecular formula is C37H22N9+. The molecule has 4 aromatic heterocycles. The molecule has 9 nitrogen and oxygen atoms in total. The molecule has 10 rings (SSSR count). The van der Waals surface area contributed by atoms with E-state index in [9.17, 15) is 0 Å². The van der Waals surface area contributed by atoms with Gasteiger partial charge < -0.3 is 9.97 Å². The van der Waals surface area contributed by atoms with Gasteiger partial charge in [0, 0.05) is 56.6 Å². The Hall–Kier alpha value is -6.61. The summed E-state index contributed by atoms with van der Waals surface area (Å²) < 4.78 is 2.08. The topological polar surface area (TPSA) is 113 Å². The molecule has 6 heterocycles. The van der Waals surface area contributed by atoms with Crippen LogP contribution in [-0.2, 0) is 0 Å². The van der Waals surface area contributed by atoms with Crippen molar-refractivity contribution < 1.29 is 4.57 Å². The molecular weight excluding hydrogens is 570 g/mol. The number of pyridine rings is 1. The van der Waals surface area contributed by atoms with Crippen molar-refractivity contribution in [2.45, 2.75) is 0 Å². The second-order valence-corrected chi connectivity index (χ2v) is 11.2. The molecule has 8 bridgehead atoms. The van der Waals surface area contributed by atoms with Crippen molar-refractivity contribution >= 4 is 44.1 Å². The minimum absolute atomic E-state index is 0.573. The second kappa shape index (κ2) is 9.44. The zero-order chi connectivity index (χ0) is 30.2. The molecule has 0 saturated carbocycles. The van der Waals surface area contributed by atoms with Crippen LogP contribution in [0.3, 0.4) is 0 Å². The highest BCUT2D eigenvalue weighted by atomic mass is 15.1. The molecule has 0 fully saturated rings. The molecule has 0 spiro atoms. The predicted octanol–water partition coefficient (Wildman–Crippen LogP) is 7.15. The number of nitrogens with one attached hydrogen (secondary N) is 2. The molecule has 0 amide bonds. The van der Waals surface area contributed by atoms with Crippen LogP contribution in [0.25, 0.3) is 95.4 Å². The SMILES string of the molecule is c1cc[n+](-c2cccc3c4nc5nc(nc6[nH]c(nc7nc(nc([nH]4)c23)-c2ccccc2-7)c2ccccc62)-c2ccccc2-5)cc1. The summed E-state index contributed by atoms with van der Waals surface area (Å²) in [5.74, 6) is 2.32. The molecule has 46 heavy (non-hydrogen) atoms. The highest BCUT2D eigenvalue weighted by Crippen LogP contribution is 2.37. The van der Waals surface area contributed by atoms with Crippen molar-refractivity contribution in [3.05, 3.63) is 122 Å². The summed E-state index contributed by atoms with van der Waals surface area (Å²) in [5, 5.41) is 3.74. The Morgan fingerprint density at radius 1 is 0.370 bits per heavy atom. The maximum Gasteiger partial charge on any atom is 0.222 e. The van der Waals surface area contributed by atoms with Gasteiger partial charge in [-0.05, 0) is 0 Å². The van der Waals surface area contributed by atoms with Crippen LogP contribution in [0.15, 0.2) is 122 Å². The average Bonchev–Trinajstić information content (AvgIpc) is 3.84. The zero-order valence-corrected chi connectivity index (χ0v) is 24.2. The van der Waals surface area contributed by atoms with Gasteiger partial charge in [-0.3, -0.25) is 0 Å². The Morgan fingerprint density at radius 3 is 1.35 bits per heavy atom. The molecule has 4 aromatic carbocycles. The molecule has 2 N–H and O–H groups in total. The number of aromatic amines is 2. The Balaban J connectivity index is 1.42. The first-order valence-corrected chi connectivity index (χ1v) is 15.0. The molecule has 9 heteroatoms. The lowest BCUT2D eigenvalue weighted by atomic mass is 10.1. The summed E-state index contributed by atoms with van der Waals surface area (Å²) >= 11 is 0. The third-order valence-electron chi connectivity index (χ3n) is 8.55. The van der Waals surface area contributed by atoms with E-state index in [-0.39, 0.29) is 0 Å². The van der Waals surface area contributed by atoms with Crippen molar-refractivity contribution in [3.8, 4) is 51.2 Å². The fourth-order valence-corrected chi connectivity index (χ4v) is 6.45. The number of benzene rings is 4. The van der Waals surface area contributed by atoms with Crippen LogP contribution in [0.5, 0.6) is 0 Å². The van der Waals surface area contributed by atoms with E-state index in [0.717, 1.165) is 49.5 Å². The summed E-state index contributed by atoms with van der Waals surface area (Å²) in [5.41, 5.74) is 7.26. The summed E-state index contributed by atoms with van der Waals surface area (Å²) in [6, 6.07) is 36.4. The monoisotopic (exact) mass is 592 g/mol. The number of rotatable bonds is 1. The minimum Gasteiger partial charge on any atom is -0.324 e. The molecule has 0 atom stereocenters. The van der Waals surface area contributed by atoms with E-state index in [0.29, 0.717) is 45.9 Å². The van der Waals surface area contributed by atoms with Crippen molar-refractivity contribution in [1.82, 2.24) is 39.9 Å². The van der Waals surface area contributed by atoms with E-state index in [1.165, 1.54) is 0 Å². The molecule has 2 aliphatic heterocycles. The Kier molecular flexibility index (Phi) is 5.09. The summed E-state index contributed by atoms with van der Waals surface area (Å²) in [6.07, 6.45) is 4.06. The minimum atomic E-state index is 0.573. The first-order chi connectivity index (χ1) is 22.8. The van der Waals surface area contributed by atoms with Gasteiger partial charge in [0.1, 0.15) is 28.0 Å². The third kappa shape index (κ3) is 3.66. The van der Waals surface area contributed by atoms with Crippen LogP contribution in [0.1, 0.15) is 0 Å². The quantitative estimate of drug-likeness (QED) is 0.196. The smallest absolute Gasteiger partial charge is 0.222 e. The lowest BCUT2D eigenvalue weighted by Gasteiger charge is -1.98. The van der Waals surface area contributed by atoms with Crippen molar-refractivity contribution in [1.29, 1.82) is 0 Å². The Labute approximate surface area is 261 Å². The van der Waals surface area contributed by atoms with E-state index < -0.39 is 0 Å². The highest BCUT2D eigenvalue weighted by Gasteiger charge is 2.23. The highest BCUT2D eigenvalue weighted by molar-refractivity contribution is 6.09. The van der Waals surface area contributed by atoms with Gasteiger partial charge >= 0.3 is 0 Å². The van der Waals surface area contributed by atoms with Crippen LogP contribution in [0, 0.1) is 0 Å². The number of aromatic nitrogens is 9.